The van der Waals surface area contributed by atoms with Gasteiger partial charge in [-0.25, -0.2) is 0 Å². The fourth-order valence-electron chi connectivity index (χ4n) is 2.40. The summed E-state index contributed by atoms with van der Waals surface area (Å²) in [5.74, 6) is 1.38. The number of rotatable bonds is 1. The molecule has 0 bridgehead atoms. The minimum Gasteiger partial charge on any atom is -0.314 e. The Kier molecular flexibility index (Phi) is 3.52. The lowest BCUT2D eigenvalue weighted by Gasteiger charge is -2.40. The van der Waals surface area contributed by atoms with Gasteiger partial charge in [0.2, 0.25) is 0 Å². The molecule has 0 amide bonds. The summed E-state index contributed by atoms with van der Waals surface area (Å²) >= 11 is 2.16. The molecule has 1 N–H and O–H groups in total. The van der Waals surface area contributed by atoms with E-state index in [-0.39, 0.29) is 0 Å². The molecule has 2 aliphatic rings. The predicted molar refractivity (Wildman–Crippen MR) is 59.4 cm³/mol. The Morgan fingerprint density at radius 3 is 2.77 bits per heavy atom. The van der Waals surface area contributed by atoms with Crippen molar-refractivity contribution >= 4 is 11.8 Å². The molecule has 2 fully saturated rings. The van der Waals surface area contributed by atoms with Gasteiger partial charge in [-0.15, -0.1) is 0 Å². The van der Waals surface area contributed by atoms with Crippen LogP contribution < -0.4 is 5.32 Å². The molecular weight excluding hydrogens is 180 g/mol. The number of hydrogen-bond donors (Lipinski definition) is 1. The minimum absolute atomic E-state index is 0.854. The first-order valence-corrected chi connectivity index (χ1v) is 6.49. The summed E-state index contributed by atoms with van der Waals surface area (Å²) in [5.41, 5.74) is 0. The van der Waals surface area contributed by atoms with Crippen molar-refractivity contribution in [2.24, 2.45) is 0 Å². The van der Waals surface area contributed by atoms with Crippen molar-refractivity contribution in [3.63, 3.8) is 0 Å². The third-order valence-electron chi connectivity index (χ3n) is 3.19. The molecule has 0 aliphatic carbocycles. The molecule has 2 nitrogen and oxygen atoms in total. The highest BCUT2D eigenvalue weighted by atomic mass is 32.2. The van der Waals surface area contributed by atoms with Crippen molar-refractivity contribution in [3.05, 3.63) is 0 Å². The molecular formula is C10H20N2S. The molecule has 2 unspecified atom stereocenters. The van der Waals surface area contributed by atoms with Gasteiger partial charge >= 0.3 is 0 Å². The summed E-state index contributed by atoms with van der Waals surface area (Å²) in [5, 5.41) is 4.27. The maximum atomic E-state index is 3.42. The van der Waals surface area contributed by atoms with Crippen LogP contribution in [0.2, 0.25) is 0 Å². The van der Waals surface area contributed by atoms with Gasteiger partial charge in [-0.2, -0.15) is 11.8 Å². The highest BCUT2D eigenvalue weighted by molar-refractivity contribution is 7.99. The Hall–Kier alpha value is 0.270. The summed E-state index contributed by atoms with van der Waals surface area (Å²) in [7, 11) is 0. The second-order valence-corrected chi connectivity index (χ2v) is 5.56. The maximum absolute atomic E-state index is 3.42. The van der Waals surface area contributed by atoms with Crippen LogP contribution in [0.5, 0.6) is 0 Å². The van der Waals surface area contributed by atoms with Crippen LogP contribution in [0.3, 0.4) is 0 Å². The van der Waals surface area contributed by atoms with E-state index in [0.29, 0.717) is 0 Å². The van der Waals surface area contributed by atoms with Crippen LogP contribution in [0.15, 0.2) is 0 Å². The Labute approximate surface area is 85.4 Å². The van der Waals surface area contributed by atoms with Gasteiger partial charge in [-0.3, -0.25) is 4.90 Å². The molecule has 0 aromatic rings. The Bertz CT molecular complexity index is 157. The standard InChI is InChI=1S/C10H20N2S/c1-9-10(3-2-8-13-9)12-6-4-11-5-7-12/h9-11H,2-8H2,1H3. The van der Waals surface area contributed by atoms with Crippen LogP contribution >= 0.6 is 11.8 Å². The van der Waals surface area contributed by atoms with Gasteiger partial charge in [0.15, 0.2) is 0 Å². The van der Waals surface area contributed by atoms with Crippen LogP contribution in [0.4, 0.5) is 0 Å². The Morgan fingerprint density at radius 2 is 2.08 bits per heavy atom. The molecule has 2 saturated heterocycles. The molecule has 2 atom stereocenters. The highest BCUT2D eigenvalue weighted by Gasteiger charge is 2.27. The monoisotopic (exact) mass is 200 g/mol. The van der Waals surface area contributed by atoms with Crippen molar-refractivity contribution < 1.29 is 0 Å². The number of nitrogens with zero attached hydrogens (tertiary/aromatic N) is 1. The molecule has 0 aromatic heterocycles. The summed E-state index contributed by atoms with van der Waals surface area (Å²) in [6.07, 6.45) is 2.85. The fourth-order valence-corrected chi connectivity index (χ4v) is 3.64. The van der Waals surface area contributed by atoms with Gasteiger partial charge < -0.3 is 5.32 Å². The molecule has 2 heterocycles. The molecule has 3 heteroatoms. The summed E-state index contributed by atoms with van der Waals surface area (Å²) in [6, 6.07) is 0.862. The first-order valence-electron chi connectivity index (χ1n) is 5.44. The zero-order valence-electron chi connectivity index (χ0n) is 8.46. The zero-order chi connectivity index (χ0) is 9.10. The summed E-state index contributed by atoms with van der Waals surface area (Å²) < 4.78 is 0. The molecule has 0 saturated carbocycles. The van der Waals surface area contributed by atoms with E-state index in [1.807, 2.05) is 0 Å². The lowest BCUT2D eigenvalue weighted by molar-refractivity contribution is 0.161. The molecule has 2 aliphatic heterocycles. The smallest absolute Gasteiger partial charge is 0.0213 e. The van der Waals surface area contributed by atoms with Crippen molar-refractivity contribution in [3.8, 4) is 0 Å². The van der Waals surface area contributed by atoms with E-state index in [0.717, 1.165) is 11.3 Å². The quantitative estimate of drug-likeness (QED) is 0.684. The first-order chi connectivity index (χ1) is 6.38. The third kappa shape index (κ3) is 2.39. The van der Waals surface area contributed by atoms with E-state index in [1.165, 1.54) is 44.8 Å². The normalized spacial score (nSPS) is 37.6. The topological polar surface area (TPSA) is 15.3 Å². The van der Waals surface area contributed by atoms with E-state index in [4.69, 9.17) is 0 Å². The summed E-state index contributed by atoms with van der Waals surface area (Å²) in [4.78, 5) is 2.69. The SMILES string of the molecule is CC1SCCCC1N1CCNCC1. The fraction of sp³-hybridized carbons (Fsp3) is 1.00. The second kappa shape index (κ2) is 4.67. The molecule has 0 aromatic carbocycles. The molecule has 0 radical (unpaired) electrons. The third-order valence-corrected chi connectivity index (χ3v) is 4.55. The van der Waals surface area contributed by atoms with Gasteiger partial charge in [0.25, 0.3) is 0 Å². The van der Waals surface area contributed by atoms with Gasteiger partial charge in [-0.05, 0) is 18.6 Å². The number of nitrogens with one attached hydrogen (secondary N) is 1. The number of hydrogen-bond acceptors (Lipinski definition) is 3. The molecule has 76 valence electrons. The average molecular weight is 200 g/mol. The maximum Gasteiger partial charge on any atom is 0.0213 e. The lowest BCUT2D eigenvalue weighted by Crippen LogP contribution is -2.52. The Morgan fingerprint density at radius 1 is 1.31 bits per heavy atom. The largest absolute Gasteiger partial charge is 0.314 e. The molecule has 13 heavy (non-hydrogen) atoms. The van der Waals surface area contributed by atoms with Gasteiger partial charge in [0.1, 0.15) is 0 Å². The van der Waals surface area contributed by atoms with E-state index < -0.39 is 0 Å². The van der Waals surface area contributed by atoms with Crippen molar-refractivity contribution in [2.45, 2.75) is 31.1 Å². The second-order valence-electron chi connectivity index (χ2n) is 4.07. The predicted octanol–water partition coefficient (Wildman–Crippen LogP) is 1.18. The van der Waals surface area contributed by atoms with Gasteiger partial charge in [-0.1, -0.05) is 6.92 Å². The van der Waals surface area contributed by atoms with Crippen LogP contribution in [0.1, 0.15) is 19.8 Å². The van der Waals surface area contributed by atoms with Crippen molar-refractivity contribution in [1.82, 2.24) is 10.2 Å². The summed E-state index contributed by atoms with van der Waals surface area (Å²) in [6.45, 7) is 7.30. The Balaban J connectivity index is 1.88. The van der Waals surface area contributed by atoms with Crippen LogP contribution in [-0.4, -0.2) is 48.1 Å². The van der Waals surface area contributed by atoms with Crippen LogP contribution in [0, 0.1) is 0 Å². The average Bonchev–Trinajstić information content (AvgIpc) is 2.20. The number of piperazine rings is 1. The van der Waals surface area contributed by atoms with Crippen molar-refractivity contribution in [1.29, 1.82) is 0 Å². The molecule has 0 spiro atoms. The van der Waals surface area contributed by atoms with E-state index in [9.17, 15) is 0 Å². The van der Waals surface area contributed by atoms with E-state index >= 15 is 0 Å². The zero-order valence-corrected chi connectivity index (χ0v) is 9.28. The van der Waals surface area contributed by atoms with Gasteiger partial charge in [0.05, 0.1) is 0 Å². The molecule has 2 rings (SSSR count). The highest BCUT2D eigenvalue weighted by Crippen LogP contribution is 2.28. The van der Waals surface area contributed by atoms with Crippen LogP contribution in [-0.2, 0) is 0 Å². The first kappa shape index (κ1) is 9.81. The van der Waals surface area contributed by atoms with Crippen molar-refractivity contribution in [2.75, 3.05) is 31.9 Å². The van der Waals surface area contributed by atoms with E-state index in [1.54, 1.807) is 0 Å². The van der Waals surface area contributed by atoms with E-state index in [2.05, 4.69) is 28.9 Å². The number of thioether (sulfide) groups is 1. The minimum atomic E-state index is 0.854. The lowest BCUT2D eigenvalue weighted by atomic mass is 10.1. The van der Waals surface area contributed by atoms with Crippen LogP contribution in [0.25, 0.3) is 0 Å². The van der Waals surface area contributed by atoms with Gasteiger partial charge in [0, 0.05) is 37.5 Å².